The van der Waals surface area contributed by atoms with Gasteiger partial charge in [0.15, 0.2) is 0 Å². The predicted molar refractivity (Wildman–Crippen MR) is 71.6 cm³/mol. The summed E-state index contributed by atoms with van der Waals surface area (Å²) in [5, 5.41) is 10.5. The summed E-state index contributed by atoms with van der Waals surface area (Å²) in [4.78, 5) is 25.0. The number of methoxy groups -OCH3 is 1. The fraction of sp³-hybridized carbons (Fsp3) is 0.357. The second-order valence-electron chi connectivity index (χ2n) is 5.00. The smallest absolute Gasteiger partial charge is 0.337 e. The van der Waals surface area contributed by atoms with Gasteiger partial charge in [-0.2, -0.15) is 0 Å². The summed E-state index contributed by atoms with van der Waals surface area (Å²) in [6.45, 7) is 0. The average molecular weight is 273 g/mol. The molecule has 0 bridgehead atoms. The molecule has 0 radical (unpaired) electrons. The van der Waals surface area contributed by atoms with Crippen LogP contribution < -0.4 is 5.32 Å². The SMILES string of the molecule is COC(=O)c1ccc(C2C(=N)NC(=O)N2C2CC2)cc1. The Morgan fingerprint density at radius 2 is 2.00 bits per heavy atom. The van der Waals surface area contributed by atoms with Crippen molar-refractivity contribution in [3.05, 3.63) is 35.4 Å². The molecule has 6 heteroatoms. The molecule has 0 aromatic heterocycles. The maximum absolute atomic E-state index is 11.9. The molecule has 2 N–H and O–H groups in total. The van der Waals surface area contributed by atoms with Crippen molar-refractivity contribution >= 4 is 17.8 Å². The topological polar surface area (TPSA) is 82.5 Å². The molecule has 1 atom stereocenters. The van der Waals surface area contributed by atoms with Crippen molar-refractivity contribution < 1.29 is 14.3 Å². The van der Waals surface area contributed by atoms with Crippen LogP contribution in [0.2, 0.25) is 0 Å². The lowest BCUT2D eigenvalue weighted by Gasteiger charge is -2.22. The minimum atomic E-state index is -0.397. The minimum absolute atomic E-state index is 0.188. The van der Waals surface area contributed by atoms with Crippen molar-refractivity contribution in [3.8, 4) is 0 Å². The van der Waals surface area contributed by atoms with E-state index in [1.54, 1.807) is 29.2 Å². The van der Waals surface area contributed by atoms with E-state index >= 15 is 0 Å². The maximum Gasteiger partial charge on any atom is 0.337 e. The van der Waals surface area contributed by atoms with Crippen LogP contribution >= 0.6 is 0 Å². The Kier molecular flexibility index (Phi) is 2.93. The highest BCUT2D eigenvalue weighted by Crippen LogP contribution is 2.37. The zero-order chi connectivity index (χ0) is 14.3. The fourth-order valence-electron chi connectivity index (χ4n) is 2.48. The molecule has 1 heterocycles. The zero-order valence-electron chi connectivity index (χ0n) is 11.1. The quantitative estimate of drug-likeness (QED) is 0.822. The second-order valence-corrected chi connectivity index (χ2v) is 5.00. The number of esters is 1. The Morgan fingerprint density at radius 3 is 2.55 bits per heavy atom. The molecular formula is C14H15N3O3. The van der Waals surface area contributed by atoms with Crippen LogP contribution in [0.1, 0.15) is 34.8 Å². The van der Waals surface area contributed by atoms with E-state index in [1.807, 2.05) is 0 Å². The van der Waals surface area contributed by atoms with Crippen LogP contribution in [0.3, 0.4) is 0 Å². The molecule has 1 aliphatic heterocycles. The van der Waals surface area contributed by atoms with E-state index in [1.165, 1.54) is 7.11 Å². The molecule has 0 spiro atoms. The molecule has 2 fully saturated rings. The normalized spacial score (nSPS) is 21.9. The fourth-order valence-corrected chi connectivity index (χ4v) is 2.48. The Bertz CT molecular complexity index is 578. The molecule has 1 aromatic carbocycles. The number of carbonyl (C=O) groups excluding carboxylic acids is 2. The highest BCUT2D eigenvalue weighted by Gasteiger charge is 2.45. The maximum atomic E-state index is 11.9. The lowest BCUT2D eigenvalue weighted by atomic mass is 10.0. The third-order valence-corrected chi connectivity index (χ3v) is 3.62. The van der Waals surface area contributed by atoms with Crippen LogP contribution in [0.15, 0.2) is 24.3 Å². The summed E-state index contributed by atoms with van der Waals surface area (Å²) in [6, 6.07) is 6.48. The Hall–Kier alpha value is -2.37. The van der Waals surface area contributed by atoms with Crippen molar-refractivity contribution in [2.24, 2.45) is 0 Å². The summed E-state index contributed by atoms with van der Waals surface area (Å²) in [5.74, 6) is -0.209. The predicted octanol–water partition coefficient (Wildman–Crippen LogP) is 1.68. The number of nitrogens with one attached hydrogen (secondary N) is 2. The van der Waals surface area contributed by atoms with Crippen molar-refractivity contribution in [2.45, 2.75) is 24.9 Å². The lowest BCUT2D eigenvalue weighted by Crippen LogP contribution is -2.31. The number of urea groups is 1. The molecule has 2 aliphatic rings. The van der Waals surface area contributed by atoms with Gasteiger partial charge in [-0.15, -0.1) is 0 Å². The van der Waals surface area contributed by atoms with Crippen molar-refractivity contribution in [1.82, 2.24) is 10.2 Å². The number of benzene rings is 1. The largest absolute Gasteiger partial charge is 0.465 e. The van der Waals surface area contributed by atoms with E-state index in [2.05, 4.69) is 10.1 Å². The first-order valence-electron chi connectivity index (χ1n) is 6.48. The molecule has 1 saturated carbocycles. The van der Waals surface area contributed by atoms with Crippen LogP contribution in [0.25, 0.3) is 0 Å². The number of hydrogen-bond donors (Lipinski definition) is 2. The zero-order valence-corrected chi connectivity index (χ0v) is 11.1. The number of carbonyl (C=O) groups is 2. The van der Waals surface area contributed by atoms with Gasteiger partial charge < -0.3 is 9.64 Å². The standard InChI is InChI=1S/C14H15N3O3/c1-20-13(18)9-4-2-8(3-5-9)11-12(15)16-14(19)17(11)10-6-7-10/h2-5,10-11H,6-7H2,1H3,(H2,15,16,19). The highest BCUT2D eigenvalue weighted by atomic mass is 16.5. The molecule has 1 aliphatic carbocycles. The van der Waals surface area contributed by atoms with Gasteiger partial charge in [-0.05, 0) is 30.5 Å². The Balaban J connectivity index is 1.89. The number of amidine groups is 1. The molecule has 2 amide bonds. The monoisotopic (exact) mass is 273 g/mol. The van der Waals surface area contributed by atoms with E-state index in [0.717, 1.165) is 18.4 Å². The Morgan fingerprint density at radius 1 is 1.35 bits per heavy atom. The van der Waals surface area contributed by atoms with Crippen LogP contribution in [0.4, 0.5) is 4.79 Å². The number of hydrogen-bond acceptors (Lipinski definition) is 4. The van der Waals surface area contributed by atoms with Crippen LogP contribution in [0.5, 0.6) is 0 Å². The van der Waals surface area contributed by atoms with Crippen molar-refractivity contribution in [2.75, 3.05) is 7.11 Å². The number of ether oxygens (including phenoxy) is 1. The van der Waals surface area contributed by atoms with Gasteiger partial charge in [-0.25, -0.2) is 9.59 Å². The molecule has 1 unspecified atom stereocenters. The number of rotatable bonds is 3. The van der Waals surface area contributed by atoms with E-state index in [-0.39, 0.29) is 24.0 Å². The van der Waals surface area contributed by atoms with Crippen LogP contribution in [-0.4, -0.2) is 35.9 Å². The first kappa shape index (κ1) is 12.7. The first-order chi connectivity index (χ1) is 9.61. The summed E-state index contributed by atoms with van der Waals surface area (Å²) in [5.41, 5.74) is 1.28. The molecule has 104 valence electrons. The first-order valence-corrected chi connectivity index (χ1v) is 6.48. The molecule has 6 nitrogen and oxygen atoms in total. The van der Waals surface area contributed by atoms with Crippen molar-refractivity contribution in [1.29, 1.82) is 5.41 Å². The summed E-state index contributed by atoms with van der Waals surface area (Å²) >= 11 is 0. The van der Waals surface area contributed by atoms with Gasteiger partial charge in [0.1, 0.15) is 11.9 Å². The summed E-state index contributed by atoms with van der Waals surface area (Å²) in [6.07, 6.45) is 1.97. The number of amides is 2. The third kappa shape index (κ3) is 2.03. The Labute approximate surface area is 116 Å². The van der Waals surface area contributed by atoms with Gasteiger partial charge in [-0.1, -0.05) is 12.1 Å². The van der Waals surface area contributed by atoms with Gasteiger partial charge in [0.25, 0.3) is 0 Å². The number of nitrogens with zero attached hydrogens (tertiary/aromatic N) is 1. The van der Waals surface area contributed by atoms with E-state index in [9.17, 15) is 9.59 Å². The van der Waals surface area contributed by atoms with E-state index < -0.39 is 5.97 Å². The highest BCUT2D eigenvalue weighted by molar-refractivity contribution is 6.06. The summed E-state index contributed by atoms with van der Waals surface area (Å²) in [7, 11) is 1.33. The van der Waals surface area contributed by atoms with Gasteiger partial charge in [-0.3, -0.25) is 10.7 Å². The van der Waals surface area contributed by atoms with Crippen LogP contribution in [0, 0.1) is 5.41 Å². The van der Waals surface area contributed by atoms with Gasteiger partial charge in [0, 0.05) is 6.04 Å². The van der Waals surface area contributed by atoms with Crippen molar-refractivity contribution in [3.63, 3.8) is 0 Å². The average Bonchev–Trinajstić information content (AvgIpc) is 3.23. The lowest BCUT2D eigenvalue weighted by molar-refractivity contribution is 0.0600. The summed E-state index contributed by atoms with van der Waals surface area (Å²) < 4.78 is 4.65. The van der Waals surface area contributed by atoms with Gasteiger partial charge in [0.05, 0.1) is 12.7 Å². The molecule has 1 saturated heterocycles. The van der Waals surface area contributed by atoms with Gasteiger partial charge in [0.2, 0.25) is 0 Å². The van der Waals surface area contributed by atoms with E-state index in [4.69, 9.17) is 5.41 Å². The molecule has 20 heavy (non-hydrogen) atoms. The molecule has 1 aromatic rings. The molecule has 3 rings (SSSR count). The van der Waals surface area contributed by atoms with E-state index in [0.29, 0.717) is 5.56 Å². The van der Waals surface area contributed by atoms with Gasteiger partial charge >= 0.3 is 12.0 Å². The van der Waals surface area contributed by atoms with Crippen LogP contribution in [-0.2, 0) is 4.74 Å². The molecular weight excluding hydrogens is 258 g/mol. The minimum Gasteiger partial charge on any atom is -0.465 e. The second kappa shape index (κ2) is 4.63. The third-order valence-electron chi connectivity index (χ3n) is 3.62.